The second-order valence-electron chi connectivity index (χ2n) is 6.41. The van der Waals surface area contributed by atoms with Gasteiger partial charge in [0.1, 0.15) is 5.52 Å². The fraction of sp³-hybridized carbons (Fsp3) is 0.0500. The summed E-state index contributed by atoms with van der Waals surface area (Å²) < 4.78 is 8.45. The second-order valence-corrected chi connectivity index (χ2v) is 6.41. The Balaban J connectivity index is 1.98. The molecule has 0 spiro atoms. The molecule has 0 N–H and O–H groups in total. The highest BCUT2D eigenvalue weighted by Crippen LogP contribution is 2.27. The molecule has 0 saturated heterocycles. The number of benzene rings is 2. The van der Waals surface area contributed by atoms with Gasteiger partial charge in [-0.25, -0.2) is 9.97 Å². The summed E-state index contributed by atoms with van der Waals surface area (Å²) in [4.78, 5) is 32.9. The van der Waals surface area contributed by atoms with E-state index in [0.717, 1.165) is 0 Å². The van der Waals surface area contributed by atoms with E-state index < -0.39 is 4.92 Å². The van der Waals surface area contributed by atoms with Crippen molar-refractivity contribution < 1.29 is 9.66 Å². The summed E-state index contributed by atoms with van der Waals surface area (Å²) >= 11 is 0. The van der Waals surface area contributed by atoms with E-state index >= 15 is 0 Å². The average molecular weight is 387 g/mol. The van der Waals surface area contributed by atoms with E-state index in [9.17, 15) is 14.9 Å². The summed E-state index contributed by atoms with van der Waals surface area (Å²) in [6.07, 6.45) is 3.26. The zero-order valence-electron chi connectivity index (χ0n) is 15.1. The topological polar surface area (TPSA) is 105 Å². The maximum atomic E-state index is 13.4. The number of imidazole rings is 1. The highest BCUT2D eigenvalue weighted by atomic mass is 16.6. The van der Waals surface area contributed by atoms with Crippen LogP contribution in [-0.4, -0.2) is 31.0 Å². The van der Waals surface area contributed by atoms with E-state index in [0.29, 0.717) is 39.2 Å². The molecule has 0 aliphatic rings. The highest BCUT2D eigenvalue weighted by molar-refractivity contribution is 6.04. The van der Waals surface area contributed by atoms with Gasteiger partial charge in [-0.2, -0.15) is 0 Å². The molecule has 5 rings (SSSR count). The predicted molar refractivity (Wildman–Crippen MR) is 107 cm³/mol. The monoisotopic (exact) mass is 387 g/mol. The number of fused-ring (bicyclic) bond motifs is 5. The Kier molecular flexibility index (Phi) is 3.56. The molecule has 0 fully saturated rings. The molecule has 0 aliphatic heterocycles. The molecular weight excluding hydrogens is 374 g/mol. The van der Waals surface area contributed by atoms with Gasteiger partial charge in [0.15, 0.2) is 11.4 Å². The molecule has 0 aliphatic carbocycles. The largest absolute Gasteiger partial charge is 0.494 e. The van der Waals surface area contributed by atoms with Gasteiger partial charge in [0.05, 0.1) is 30.1 Å². The summed E-state index contributed by atoms with van der Waals surface area (Å²) in [5.41, 5.74) is 1.27. The van der Waals surface area contributed by atoms with Crippen molar-refractivity contribution in [1.29, 1.82) is 0 Å². The van der Waals surface area contributed by atoms with E-state index in [2.05, 4.69) is 9.97 Å². The van der Waals surface area contributed by atoms with Gasteiger partial charge in [-0.15, -0.1) is 0 Å². The summed E-state index contributed by atoms with van der Waals surface area (Å²) in [5.74, 6) is 0.917. The Morgan fingerprint density at radius 3 is 2.48 bits per heavy atom. The first-order valence-corrected chi connectivity index (χ1v) is 8.69. The molecule has 5 aromatic rings. The quantitative estimate of drug-likeness (QED) is 0.348. The van der Waals surface area contributed by atoms with Crippen molar-refractivity contribution in [3.05, 3.63) is 81.4 Å². The average Bonchev–Trinajstić information content (AvgIpc) is 3.13. The van der Waals surface area contributed by atoms with Crippen LogP contribution in [0.3, 0.4) is 0 Å². The molecule has 3 aromatic heterocycles. The first-order valence-electron chi connectivity index (χ1n) is 8.69. The fourth-order valence-electron chi connectivity index (χ4n) is 3.46. The third-order valence-corrected chi connectivity index (χ3v) is 4.81. The zero-order chi connectivity index (χ0) is 20.1. The lowest BCUT2D eigenvalue weighted by Gasteiger charge is -2.11. The number of hydrogen-bond acceptors (Lipinski definition) is 6. The number of rotatable bonds is 3. The van der Waals surface area contributed by atoms with E-state index in [1.807, 2.05) is 12.1 Å². The van der Waals surface area contributed by atoms with Crippen LogP contribution in [0.15, 0.2) is 65.7 Å². The minimum Gasteiger partial charge on any atom is -0.494 e. The lowest BCUT2D eigenvalue weighted by Crippen LogP contribution is -2.20. The number of pyridine rings is 1. The number of methoxy groups -OCH3 is 1. The minimum atomic E-state index is -0.481. The SMILES string of the molecule is COc1cnc2nc3c4ccccc4c(=O)n(-c4ccc([N+](=O)[O-])cc4)c3n2c1. The van der Waals surface area contributed by atoms with Crippen molar-refractivity contribution in [3.8, 4) is 11.4 Å². The van der Waals surface area contributed by atoms with Crippen LogP contribution in [0.25, 0.3) is 33.4 Å². The highest BCUT2D eigenvalue weighted by Gasteiger charge is 2.19. The van der Waals surface area contributed by atoms with Crippen LogP contribution in [0.4, 0.5) is 5.69 Å². The van der Waals surface area contributed by atoms with Crippen molar-refractivity contribution in [2.45, 2.75) is 0 Å². The second kappa shape index (κ2) is 6.13. The van der Waals surface area contributed by atoms with Gasteiger partial charge in [0.2, 0.25) is 5.78 Å². The number of nitro groups is 1. The van der Waals surface area contributed by atoms with Gasteiger partial charge >= 0.3 is 0 Å². The van der Waals surface area contributed by atoms with E-state index in [1.54, 1.807) is 41.1 Å². The predicted octanol–water partition coefficient (Wildman–Crippen LogP) is 3.10. The molecule has 9 heteroatoms. The van der Waals surface area contributed by atoms with Crippen molar-refractivity contribution in [1.82, 2.24) is 18.9 Å². The van der Waals surface area contributed by atoms with Crippen molar-refractivity contribution in [2.24, 2.45) is 0 Å². The lowest BCUT2D eigenvalue weighted by atomic mass is 10.1. The minimum absolute atomic E-state index is 0.0553. The molecule has 0 radical (unpaired) electrons. The fourth-order valence-corrected chi connectivity index (χ4v) is 3.46. The van der Waals surface area contributed by atoms with Crippen LogP contribution >= 0.6 is 0 Å². The number of aromatic nitrogens is 4. The molecule has 0 amide bonds. The van der Waals surface area contributed by atoms with Crippen LogP contribution in [0, 0.1) is 10.1 Å². The van der Waals surface area contributed by atoms with E-state index in [1.165, 1.54) is 23.8 Å². The van der Waals surface area contributed by atoms with E-state index in [-0.39, 0.29) is 11.2 Å². The Labute approximate surface area is 162 Å². The molecule has 2 aromatic carbocycles. The molecule has 3 heterocycles. The van der Waals surface area contributed by atoms with Gasteiger partial charge in [-0.05, 0) is 18.2 Å². The van der Waals surface area contributed by atoms with Crippen molar-refractivity contribution >= 4 is 33.4 Å². The van der Waals surface area contributed by atoms with Crippen LogP contribution in [0.2, 0.25) is 0 Å². The third kappa shape index (κ3) is 2.44. The lowest BCUT2D eigenvalue weighted by molar-refractivity contribution is -0.384. The van der Waals surface area contributed by atoms with Gasteiger partial charge < -0.3 is 4.74 Å². The Hall–Kier alpha value is -4.27. The molecule has 0 bridgehead atoms. The standard InChI is InChI=1S/C20H13N5O4/c1-29-14-10-21-20-22-17-15-4-2-3-5-16(15)19(26)24(18(17)23(20)11-14)12-6-8-13(9-7-12)25(27)28/h2-11H,1H3. The number of nitro benzene ring substituents is 1. The maximum Gasteiger partial charge on any atom is 0.269 e. The van der Waals surface area contributed by atoms with E-state index in [4.69, 9.17) is 4.74 Å². The van der Waals surface area contributed by atoms with Crippen LogP contribution in [-0.2, 0) is 0 Å². The Morgan fingerprint density at radius 2 is 1.79 bits per heavy atom. The molecule has 0 atom stereocenters. The van der Waals surface area contributed by atoms with Crippen molar-refractivity contribution in [2.75, 3.05) is 7.11 Å². The first-order chi connectivity index (χ1) is 14.1. The van der Waals surface area contributed by atoms with Crippen LogP contribution in [0.1, 0.15) is 0 Å². The molecular formula is C20H13N5O4. The molecule has 29 heavy (non-hydrogen) atoms. The summed E-state index contributed by atoms with van der Waals surface area (Å²) in [7, 11) is 1.53. The Morgan fingerprint density at radius 1 is 1.07 bits per heavy atom. The smallest absolute Gasteiger partial charge is 0.269 e. The summed E-state index contributed by atoms with van der Waals surface area (Å²) in [6, 6.07) is 13.0. The summed E-state index contributed by atoms with van der Waals surface area (Å²) in [6.45, 7) is 0. The molecule has 0 saturated carbocycles. The first kappa shape index (κ1) is 16.9. The van der Waals surface area contributed by atoms with Gasteiger partial charge in [0.25, 0.3) is 11.2 Å². The third-order valence-electron chi connectivity index (χ3n) is 4.81. The molecule has 9 nitrogen and oxygen atoms in total. The van der Waals surface area contributed by atoms with Gasteiger partial charge in [-0.3, -0.25) is 23.9 Å². The number of non-ortho nitro benzene ring substituents is 1. The number of ether oxygens (including phenoxy) is 1. The van der Waals surface area contributed by atoms with Gasteiger partial charge in [0, 0.05) is 22.9 Å². The van der Waals surface area contributed by atoms with Crippen LogP contribution in [0.5, 0.6) is 5.75 Å². The van der Waals surface area contributed by atoms with Crippen molar-refractivity contribution in [3.63, 3.8) is 0 Å². The number of hydrogen-bond donors (Lipinski definition) is 0. The molecule has 0 unspecified atom stereocenters. The summed E-state index contributed by atoms with van der Waals surface area (Å²) in [5, 5.41) is 12.2. The Bertz CT molecular complexity index is 1480. The molecule has 142 valence electrons. The zero-order valence-corrected chi connectivity index (χ0v) is 15.1. The maximum absolute atomic E-state index is 13.4. The van der Waals surface area contributed by atoms with Gasteiger partial charge in [-0.1, -0.05) is 18.2 Å². The normalized spacial score (nSPS) is 11.3. The number of nitrogens with zero attached hydrogens (tertiary/aromatic N) is 5. The van der Waals surface area contributed by atoms with Crippen LogP contribution < -0.4 is 10.3 Å².